The largest absolute Gasteiger partial charge is 0.496 e. The molecular formula is C12H15BBrNO4. The van der Waals surface area contributed by atoms with E-state index in [9.17, 15) is 10.1 Å². The number of halogens is 1. The third kappa shape index (κ3) is 2.54. The van der Waals surface area contributed by atoms with Gasteiger partial charge >= 0.3 is 7.12 Å². The molecule has 1 aliphatic rings. The van der Waals surface area contributed by atoms with Crippen molar-refractivity contribution in [2.24, 2.45) is 0 Å². The fraction of sp³-hybridized carbons (Fsp3) is 0.500. The topological polar surface area (TPSA) is 61.6 Å². The molecule has 0 bridgehead atoms. The summed E-state index contributed by atoms with van der Waals surface area (Å²) in [5.41, 5.74) is -0.0750. The minimum atomic E-state index is -0.528. The Hall–Kier alpha value is -0.915. The van der Waals surface area contributed by atoms with Crippen molar-refractivity contribution in [3.05, 3.63) is 32.8 Å². The van der Waals surface area contributed by atoms with Crippen molar-refractivity contribution >= 4 is 34.2 Å². The molecule has 1 aromatic rings. The number of hydrogen-bond acceptors (Lipinski definition) is 4. The average Bonchev–Trinajstić information content (AvgIpc) is 2.47. The van der Waals surface area contributed by atoms with Crippen LogP contribution in [-0.2, 0) is 9.31 Å². The lowest BCUT2D eigenvalue weighted by Gasteiger charge is -2.32. The lowest BCUT2D eigenvalue weighted by Crippen LogP contribution is -2.41. The van der Waals surface area contributed by atoms with Gasteiger partial charge in [0.1, 0.15) is 0 Å². The van der Waals surface area contributed by atoms with Crippen molar-refractivity contribution in [3.63, 3.8) is 0 Å². The van der Waals surface area contributed by atoms with Crippen LogP contribution in [0.4, 0.5) is 5.69 Å². The molecule has 0 saturated carbocycles. The number of nitro groups is 1. The van der Waals surface area contributed by atoms with E-state index in [-0.39, 0.29) is 5.69 Å². The molecule has 7 heteroatoms. The SMILES string of the molecule is CC1(C)OB(c2ccc([N+](=O)[O-])cc2Br)OC1(C)C. The van der Waals surface area contributed by atoms with Crippen LogP contribution in [0.3, 0.4) is 0 Å². The van der Waals surface area contributed by atoms with Crippen LogP contribution in [0.5, 0.6) is 0 Å². The molecule has 1 heterocycles. The summed E-state index contributed by atoms with van der Waals surface area (Å²) in [5, 5.41) is 10.7. The average molecular weight is 328 g/mol. The highest BCUT2D eigenvalue weighted by atomic mass is 79.9. The summed E-state index contributed by atoms with van der Waals surface area (Å²) in [6.45, 7) is 7.86. The van der Waals surface area contributed by atoms with Gasteiger partial charge in [-0.3, -0.25) is 10.1 Å². The van der Waals surface area contributed by atoms with Gasteiger partial charge < -0.3 is 9.31 Å². The Kier molecular flexibility index (Phi) is 3.49. The molecule has 0 N–H and O–H groups in total. The molecule has 5 nitrogen and oxygen atoms in total. The summed E-state index contributed by atoms with van der Waals surface area (Å²) in [4.78, 5) is 10.3. The monoisotopic (exact) mass is 327 g/mol. The number of nitro benzene ring substituents is 1. The van der Waals surface area contributed by atoms with E-state index in [4.69, 9.17) is 9.31 Å². The molecule has 1 aliphatic heterocycles. The zero-order chi connectivity index (χ0) is 14.4. The highest BCUT2D eigenvalue weighted by molar-refractivity contribution is 9.10. The normalized spacial score (nSPS) is 20.6. The second-order valence-electron chi connectivity index (χ2n) is 5.55. The number of benzene rings is 1. The second kappa shape index (κ2) is 4.57. The van der Waals surface area contributed by atoms with E-state index in [0.29, 0.717) is 4.47 Å². The van der Waals surface area contributed by atoms with Gasteiger partial charge in [0.2, 0.25) is 0 Å². The van der Waals surface area contributed by atoms with Gasteiger partial charge in [0.05, 0.1) is 16.1 Å². The van der Waals surface area contributed by atoms with Crippen molar-refractivity contribution in [2.75, 3.05) is 0 Å². The number of hydrogen-bond donors (Lipinski definition) is 0. The predicted octanol–water partition coefficient (Wildman–Crippen LogP) is 2.66. The molecule has 0 aliphatic carbocycles. The molecule has 1 fully saturated rings. The van der Waals surface area contributed by atoms with Crippen LogP contribution in [0.15, 0.2) is 22.7 Å². The Labute approximate surface area is 120 Å². The molecule has 0 unspecified atom stereocenters. The molecule has 19 heavy (non-hydrogen) atoms. The quantitative estimate of drug-likeness (QED) is 0.476. The maximum atomic E-state index is 10.7. The Morgan fingerprint density at radius 2 is 1.74 bits per heavy atom. The molecule has 0 aromatic heterocycles. The van der Waals surface area contributed by atoms with Gasteiger partial charge in [-0.05, 0) is 33.2 Å². The standard InChI is InChI=1S/C12H15BBrNO4/c1-11(2)12(3,4)19-13(18-11)9-6-5-8(15(16)17)7-10(9)14/h5-7H,1-4H3. The molecule has 2 rings (SSSR count). The predicted molar refractivity (Wildman–Crippen MR) is 76.5 cm³/mol. The Balaban J connectivity index is 2.33. The summed E-state index contributed by atoms with van der Waals surface area (Å²) >= 11 is 3.34. The molecular weight excluding hydrogens is 313 g/mol. The van der Waals surface area contributed by atoms with E-state index in [1.165, 1.54) is 12.1 Å². The zero-order valence-electron chi connectivity index (χ0n) is 11.3. The van der Waals surface area contributed by atoms with Crippen LogP contribution in [0.1, 0.15) is 27.7 Å². The number of non-ortho nitro benzene ring substituents is 1. The molecule has 0 radical (unpaired) electrons. The highest BCUT2D eigenvalue weighted by Crippen LogP contribution is 2.37. The van der Waals surface area contributed by atoms with E-state index in [1.807, 2.05) is 27.7 Å². The van der Waals surface area contributed by atoms with Crippen LogP contribution >= 0.6 is 15.9 Å². The minimum absolute atomic E-state index is 0.0344. The van der Waals surface area contributed by atoms with Crippen molar-refractivity contribution < 1.29 is 14.2 Å². The van der Waals surface area contributed by atoms with Crippen LogP contribution in [0, 0.1) is 10.1 Å². The Morgan fingerprint density at radius 1 is 1.21 bits per heavy atom. The van der Waals surface area contributed by atoms with Crippen LogP contribution in [-0.4, -0.2) is 23.2 Å². The van der Waals surface area contributed by atoms with E-state index < -0.39 is 23.2 Å². The van der Waals surface area contributed by atoms with Crippen molar-refractivity contribution in [2.45, 2.75) is 38.9 Å². The van der Waals surface area contributed by atoms with Crippen LogP contribution in [0.25, 0.3) is 0 Å². The lowest BCUT2D eigenvalue weighted by molar-refractivity contribution is -0.384. The van der Waals surface area contributed by atoms with E-state index >= 15 is 0 Å². The van der Waals surface area contributed by atoms with Gasteiger partial charge in [-0.2, -0.15) is 0 Å². The van der Waals surface area contributed by atoms with Gasteiger partial charge in [0.25, 0.3) is 5.69 Å². The smallest absolute Gasteiger partial charge is 0.399 e. The van der Waals surface area contributed by atoms with E-state index in [0.717, 1.165) is 5.46 Å². The third-order valence-corrected chi connectivity index (χ3v) is 4.39. The minimum Gasteiger partial charge on any atom is -0.399 e. The van der Waals surface area contributed by atoms with Gasteiger partial charge in [0, 0.05) is 16.6 Å². The number of rotatable bonds is 2. The Bertz CT molecular complexity index is 516. The third-order valence-electron chi connectivity index (χ3n) is 3.70. The van der Waals surface area contributed by atoms with Gasteiger partial charge in [0.15, 0.2) is 0 Å². The maximum absolute atomic E-state index is 10.7. The first kappa shape index (κ1) is 14.5. The van der Waals surface area contributed by atoms with E-state index in [2.05, 4.69) is 15.9 Å². The fourth-order valence-corrected chi connectivity index (χ4v) is 2.34. The zero-order valence-corrected chi connectivity index (χ0v) is 12.9. The molecule has 1 aromatic carbocycles. The van der Waals surface area contributed by atoms with Crippen molar-refractivity contribution in [1.82, 2.24) is 0 Å². The van der Waals surface area contributed by atoms with E-state index in [1.54, 1.807) is 6.07 Å². The molecule has 0 spiro atoms. The first-order valence-electron chi connectivity index (χ1n) is 5.93. The molecule has 102 valence electrons. The van der Waals surface area contributed by atoms with Gasteiger partial charge in [-0.1, -0.05) is 22.0 Å². The van der Waals surface area contributed by atoms with Crippen molar-refractivity contribution in [3.8, 4) is 0 Å². The summed E-state index contributed by atoms with van der Waals surface area (Å²) in [7, 11) is -0.528. The fourth-order valence-electron chi connectivity index (χ4n) is 1.79. The second-order valence-corrected chi connectivity index (χ2v) is 6.41. The maximum Gasteiger partial charge on any atom is 0.496 e. The molecule has 0 amide bonds. The summed E-state index contributed by atoms with van der Waals surface area (Å²) in [6, 6.07) is 4.57. The van der Waals surface area contributed by atoms with Crippen molar-refractivity contribution in [1.29, 1.82) is 0 Å². The number of nitrogens with zero attached hydrogens (tertiary/aromatic N) is 1. The summed E-state index contributed by atoms with van der Waals surface area (Å²) < 4.78 is 12.4. The van der Waals surface area contributed by atoms with Gasteiger partial charge in [-0.15, -0.1) is 0 Å². The first-order valence-corrected chi connectivity index (χ1v) is 6.73. The summed E-state index contributed by atoms with van der Waals surface area (Å²) in [6.07, 6.45) is 0. The first-order chi connectivity index (χ1) is 8.64. The van der Waals surface area contributed by atoms with Crippen LogP contribution < -0.4 is 5.46 Å². The Morgan fingerprint density at radius 3 is 2.16 bits per heavy atom. The van der Waals surface area contributed by atoms with Crippen LogP contribution in [0.2, 0.25) is 0 Å². The lowest BCUT2D eigenvalue weighted by atomic mass is 9.79. The molecule has 0 atom stereocenters. The summed E-state index contributed by atoms with van der Waals surface area (Å²) in [5.74, 6) is 0. The molecule has 1 saturated heterocycles. The van der Waals surface area contributed by atoms with Gasteiger partial charge in [-0.25, -0.2) is 0 Å². The highest BCUT2D eigenvalue weighted by Gasteiger charge is 2.52.